The number of ether oxygens (including phenoxy) is 1. The molecule has 0 saturated heterocycles. The van der Waals surface area contributed by atoms with Crippen LogP contribution in [0.25, 0.3) is 5.57 Å². The van der Waals surface area contributed by atoms with E-state index in [0.29, 0.717) is 30.8 Å². The maximum atomic E-state index is 13.3. The second kappa shape index (κ2) is 9.05. The molecule has 5 heteroatoms. The van der Waals surface area contributed by atoms with Crippen LogP contribution in [-0.4, -0.2) is 43.0 Å². The summed E-state index contributed by atoms with van der Waals surface area (Å²) in [6.45, 7) is 6.79. The first kappa shape index (κ1) is 20.8. The van der Waals surface area contributed by atoms with E-state index in [1.165, 1.54) is 4.90 Å². The molecule has 0 fully saturated rings. The zero-order valence-corrected chi connectivity index (χ0v) is 17.5. The molecule has 152 valence electrons. The Kier molecular flexibility index (Phi) is 6.49. The number of rotatable bonds is 8. The number of amides is 2. The lowest BCUT2D eigenvalue weighted by atomic mass is 10.0. The average molecular weight is 392 g/mol. The third kappa shape index (κ3) is 4.57. The zero-order valence-electron chi connectivity index (χ0n) is 17.5. The number of anilines is 1. The van der Waals surface area contributed by atoms with Gasteiger partial charge in [0.2, 0.25) is 0 Å². The number of carbonyl (C=O) groups excluding carboxylic acids is 2. The van der Waals surface area contributed by atoms with Gasteiger partial charge < -0.3 is 9.64 Å². The smallest absolute Gasteiger partial charge is 0.278 e. The summed E-state index contributed by atoms with van der Waals surface area (Å²) in [5.41, 5.74) is 3.58. The number of para-hydroxylation sites is 1. The van der Waals surface area contributed by atoms with Crippen molar-refractivity contribution in [1.82, 2.24) is 4.90 Å². The van der Waals surface area contributed by atoms with Crippen LogP contribution in [0.1, 0.15) is 31.4 Å². The fraction of sp³-hybridized carbons (Fsp3) is 0.333. The van der Waals surface area contributed by atoms with Gasteiger partial charge in [-0.3, -0.25) is 14.5 Å². The molecule has 3 rings (SSSR count). The Morgan fingerprint density at radius 2 is 1.62 bits per heavy atom. The molecular weight excluding hydrogens is 364 g/mol. The normalized spacial score (nSPS) is 14.3. The van der Waals surface area contributed by atoms with Gasteiger partial charge >= 0.3 is 0 Å². The van der Waals surface area contributed by atoms with Gasteiger partial charge in [0.1, 0.15) is 5.70 Å². The number of aryl methyl sites for hydroxylation is 1. The molecule has 0 unspecified atom stereocenters. The molecule has 1 heterocycles. The van der Waals surface area contributed by atoms with Crippen molar-refractivity contribution < 1.29 is 14.3 Å². The van der Waals surface area contributed by atoms with Crippen LogP contribution in [0.4, 0.5) is 5.69 Å². The molecule has 1 aliphatic heterocycles. The van der Waals surface area contributed by atoms with Crippen LogP contribution in [0.15, 0.2) is 60.3 Å². The molecule has 2 aromatic rings. The molecular formula is C24H28N2O3. The van der Waals surface area contributed by atoms with Gasteiger partial charge in [0.05, 0.1) is 11.7 Å². The Hall–Kier alpha value is -2.92. The molecule has 5 nitrogen and oxygen atoms in total. The first-order chi connectivity index (χ1) is 13.9. The zero-order chi connectivity index (χ0) is 21.0. The summed E-state index contributed by atoms with van der Waals surface area (Å²) in [6.07, 6.45) is 0.736. The fourth-order valence-corrected chi connectivity index (χ4v) is 3.38. The molecule has 0 saturated carbocycles. The highest BCUT2D eigenvalue weighted by Crippen LogP contribution is 2.33. The number of likely N-dealkylation sites (N-methyl/N-ethyl adjacent to an activating group) is 1. The summed E-state index contributed by atoms with van der Waals surface area (Å²) < 4.78 is 5.57. The Balaban J connectivity index is 1.94. The highest BCUT2D eigenvalue weighted by molar-refractivity contribution is 6.36. The van der Waals surface area contributed by atoms with Gasteiger partial charge in [-0.2, -0.15) is 0 Å². The highest BCUT2D eigenvalue weighted by Gasteiger charge is 2.40. The summed E-state index contributed by atoms with van der Waals surface area (Å²) in [5, 5.41) is 0. The molecule has 0 N–H and O–H groups in total. The Morgan fingerprint density at radius 3 is 2.24 bits per heavy atom. The Morgan fingerprint density at radius 1 is 0.966 bits per heavy atom. The van der Waals surface area contributed by atoms with Crippen LogP contribution in [0.2, 0.25) is 0 Å². The van der Waals surface area contributed by atoms with Crippen molar-refractivity contribution in [3.8, 4) is 0 Å². The minimum Gasteiger partial charge on any atom is -0.379 e. The van der Waals surface area contributed by atoms with Gasteiger partial charge in [-0.05, 0) is 44.9 Å². The molecule has 2 amide bonds. The maximum Gasteiger partial charge on any atom is 0.278 e. The number of nitrogens with zero attached hydrogens (tertiary/aromatic N) is 2. The average Bonchev–Trinajstić information content (AvgIpc) is 2.96. The lowest BCUT2D eigenvalue weighted by Gasteiger charge is -2.21. The molecule has 2 aromatic carbocycles. The van der Waals surface area contributed by atoms with Crippen molar-refractivity contribution in [3.63, 3.8) is 0 Å². The van der Waals surface area contributed by atoms with Crippen LogP contribution < -0.4 is 4.90 Å². The van der Waals surface area contributed by atoms with E-state index in [0.717, 1.165) is 16.8 Å². The van der Waals surface area contributed by atoms with E-state index in [-0.39, 0.29) is 17.9 Å². The Labute approximate surface area is 172 Å². The van der Waals surface area contributed by atoms with Crippen LogP contribution in [0.3, 0.4) is 0 Å². The molecule has 0 aliphatic carbocycles. The summed E-state index contributed by atoms with van der Waals surface area (Å²) >= 11 is 0. The Bertz CT molecular complexity index is 901. The monoisotopic (exact) mass is 392 g/mol. The predicted octanol–water partition coefficient (Wildman–Crippen LogP) is 4.03. The van der Waals surface area contributed by atoms with Crippen molar-refractivity contribution >= 4 is 23.1 Å². The summed E-state index contributed by atoms with van der Waals surface area (Å²) in [5.74, 6) is -0.511. The quantitative estimate of drug-likeness (QED) is 0.503. The predicted molar refractivity (Wildman–Crippen MR) is 115 cm³/mol. The lowest BCUT2D eigenvalue weighted by molar-refractivity contribution is -0.137. The van der Waals surface area contributed by atoms with Gasteiger partial charge in [0, 0.05) is 25.9 Å². The molecule has 0 radical (unpaired) electrons. The molecule has 0 atom stereocenters. The van der Waals surface area contributed by atoms with Gasteiger partial charge in [-0.25, -0.2) is 0 Å². The van der Waals surface area contributed by atoms with E-state index in [4.69, 9.17) is 4.74 Å². The minimum absolute atomic E-state index is 0.126. The van der Waals surface area contributed by atoms with Crippen molar-refractivity contribution in [2.45, 2.75) is 33.3 Å². The molecule has 29 heavy (non-hydrogen) atoms. The largest absolute Gasteiger partial charge is 0.379 e. The van der Waals surface area contributed by atoms with Crippen LogP contribution >= 0.6 is 0 Å². The van der Waals surface area contributed by atoms with Crippen molar-refractivity contribution in [2.75, 3.05) is 25.1 Å². The maximum absolute atomic E-state index is 13.3. The van der Waals surface area contributed by atoms with Gasteiger partial charge in [-0.1, -0.05) is 48.0 Å². The SMILES string of the molecule is Cc1ccc(C2=C(N(C)c3ccccc3)C(=O)N(CCCOC(C)C)C2=O)cc1. The van der Waals surface area contributed by atoms with E-state index in [1.54, 1.807) is 4.90 Å². The second-order valence-electron chi connectivity index (χ2n) is 7.52. The number of carbonyl (C=O) groups is 2. The van der Waals surface area contributed by atoms with E-state index in [1.807, 2.05) is 82.4 Å². The van der Waals surface area contributed by atoms with Crippen molar-refractivity contribution in [1.29, 1.82) is 0 Å². The molecule has 0 spiro atoms. The fourth-order valence-electron chi connectivity index (χ4n) is 3.38. The number of benzene rings is 2. The van der Waals surface area contributed by atoms with Crippen molar-refractivity contribution in [2.24, 2.45) is 0 Å². The third-order valence-electron chi connectivity index (χ3n) is 4.94. The van der Waals surface area contributed by atoms with Gasteiger partial charge in [0.15, 0.2) is 0 Å². The first-order valence-electron chi connectivity index (χ1n) is 9.98. The number of hydrogen-bond acceptors (Lipinski definition) is 4. The summed E-state index contributed by atoms with van der Waals surface area (Å²) in [6, 6.07) is 17.3. The van der Waals surface area contributed by atoms with Crippen LogP contribution in [-0.2, 0) is 14.3 Å². The van der Waals surface area contributed by atoms with Gasteiger partial charge in [-0.15, -0.1) is 0 Å². The molecule has 0 bridgehead atoms. The first-order valence-corrected chi connectivity index (χ1v) is 9.98. The third-order valence-corrected chi connectivity index (χ3v) is 4.94. The van der Waals surface area contributed by atoms with E-state index >= 15 is 0 Å². The van der Waals surface area contributed by atoms with Crippen molar-refractivity contribution in [3.05, 3.63) is 71.4 Å². The van der Waals surface area contributed by atoms with Crippen LogP contribution in [0.5, 0.6) is 0 Å². The van der Waals surface area contributed by atoms with E-state index < -0.39 is 0 Å². The number of hydrogen-bond donors (Lipinski definition) is 0. The second-order valence-corrected chi connectivity index (χ2v) is 7.52. The number of imide groups is 1. The topological polar surface area (TPSA) is 49.9 Å². The molecule has 0 aromatic heterocycles. The van der Waals surface area contributed by atoms with Crippen LogP contribution in [0, 0.1) is 6.92 Å². The van der Waals surface area contributed by atoms with Gasteiger partial charge in [0.25, 0.3) is 11.8 Å². The van der Waals surface area contributed by atoms with E-state index in [9.17, 15) is 9.59 Å². The lowest BCUT2D eigenvalue weighted by Crippen LogP contribution is -2.35. The summed E-state index contributed by atoms with van der Waals surface area (Å²) in [4.78, 5) is 29.7. The standard InChI is InChI=1S/C24H28N2O3/c1-17(2)29-16-8-15-26-23(27)21(19-13-11-18(3)12-14-19)22(24(26)28)25(4)20-9-6-5-7-10-20/h5-7,9-14,17H,8,15-16H2,1-4H3. The highest BCUT2D eigenvalue weighted by atomic mass is 16.5. The molecule has 1 aliphatic rings. The minimum atomic E-state index is -0.263. The summed E-state index contributed by atoms with van der Waals surface area (Å²) in [7, 11) is 1.83. The van der Waals surface area contributed by atoms with E-state index in [2.05, 4.69) is 0 Å².